The Kier molecular flexibility index (Phi) is 5.30. The van der Waals surface area contributed by atoms with E-state index in [9.17, 15) is 4.79 Å². The Bertz CT molecular complexity index is 452. The Labute approximate surface area is 100 Å². The van der Waals surface area contributed by atoms with Crippen LogP contribution in [0.25, 0.3) is 0 Å². The van der Waals surface area contributed by atoms with Gasteiger partial charge in [0.05, 0.1) is 12.7 Å². The number of carbonyl (C=O) groups is 1. The number of carbonyl (C=O) groups excluding carboxylic acids is 1. The van der Waals surface area contributed by atoms with E-state index in [-0.39, 0.29) is 12.5 Å². The monoisotopic (exact) mass is 228 g/mol. The molecule has 1 rings (SSSR count). The highest BCUT2D eigenvalue weighted by atomic mass is 16.5. The van der Waals surface area contributed by atoms with Crippen LogP contribution in [0, 0.1) is 23.7 Å². The van der Waals surface area contributed by atoms with Crippen molar-refractivity contribution in [3.63, 3.8) is 0 Å². The molecule has 0 aliphatic carbocycles. The maximum Gasteiger partial charge on any atom is 0.251 e. The first kappa shape index (κ1) is 12.8. The van der Waals surface area contributed by atoms with E-state index in [4.69, 9.17) is 16.4 Å². The van der Waals surface area contributed by atoms with Gasteiger partial charge in [0.2, 0.25) is 0 Å². The molecule has 0 bridgehead atoms. The third-order valence-corrected chi connectivity index (χ3v) is 2.01. The second-order valence-corrected chi connectivity index (χ2v) is 3.19. The molecule has 0 atom stereocenters. The Balaban J connectivity index is 2.37. The van der Waals surface area contributed by atoms with Crippen LogP contribution in [0.15, 0.2) is 24.3 Å². The smallest absolute Gasteiger partial charge is 0.251 e. The van der Waals surface area contributed by atoms with Crippen LogP contribution >= 0.6 is 0 Å². The van der Waals surface area contributed by atoms with Gasteiger partial charge < -0.3 is 10.1 Å². The van der Waals surface area contributed by atoms with E-state index < -0.39 is 0 Å². The number of hydrogen-bond acceptors (Lipinski definition) is 3. The van der Waals surface area contributed by atoms with E-state index in [1.54, 1.807) is 24.3 Å². The van der Waals surface area contributed by atoms with E-state index in [1.807, 2.05) is 6.07 Å². The van der Waals surface area contributed by atoms with Gasteiger partial charge in [0.25, 0.3) is 5.91 Å². The Hall–Kier alpha value is -2.30. The van der Waals surface area contributed by atoms with Crippen molar-refractivity contribution < 1.29 is 9.53 Å². The second-order valence-electron chi connectivity index (χ2n) is 3.19. The predicted octanol–water partition coefficient (Wildman–Crippen LogP) is 0.938. The first-order valence-electron chi connectivity index (χ1n) is 5.07. The molecule has 0 aliphatic heterocycles. The number of benzene rings is 1. The first-order chi connectivity index (χ1) is 8.27. The molecular weight excluding hydrogens is 216 g/mol. The average Bonchev–Trinajstić information content (AvgIpc) is 2.38. The van der Waals surface area contributed by atoms with Crippen molar-refractivity contribution in [3.05, 3.63) is 35.4 Å². The summed E-state index contributed by atoms with van der Waals surface area (Å²) in [6, 6.07) is 8.60. The Morgan fingerprint density at radius 1 is 1.41 bits per heavy atom. The maximum absolute atomic E-state index is 11.6. The summed E-state index contributed by atoms with van der Waals surface area (Å²) >= 11 is 0. The molecule has 0 aliphatic rings. The molecule has 86 valence electrons. The predicted molar refractivity (Wildman–Crippen MR) is 63.1 cm³/mol. The Morgan fingerprint density at radius 2 is 2.12 bits per heavy atom. The van der Waals surface area contributed by atoms with Gasteiger partial charge >= 0.3 is 0 Å². The minimum Gasteiger partial charge on any atom is -0.365 e. The van der Waals surface area contributed by atoms with Crippen LogP contribution in [0.5, 0.6) is 0 Å². The molecular formula is C13H12N2O2. The average molecular weight is 228 g/mol. The lowest BCUT2D eigenvalue weighted by Gasteiger charge is -2.04. The number of terminal acetylenes is 1. The van der Waals surface area contributed by atoms with Crippen LogP contribution in [0.4, 0.5) is 0 Å². The van der Waals surface area contributed by atoms with Gasteiger partial charge in [-0.1, -0.05) is 5.92 Å². The van der Waals surface area contributed by atoms with Crippen LogP contribution < -0.4 is 5.32 Å². The summed E-state index contributed by atoms with van der Waals surface area (Å²) in [4.78, 5) is 11.6. The molecule has 0 radical (unpaired) electrons. The molecule has 1 aromatic rings. The summed E-state index contributed by atoms with van der Waals surface area (Å²) in [6.07, 6.45) is 5.21. The van der Waals surface area contributed by atoms with Crippen molar-refractivity contribution >= 4 is 5.91 Å². The SMILES string of the molecule is C#Cc1ccc(C(=O)NCCOCC#N)cc1. The van der Waals surface area contributed by atoms with E-state index in [2.05, 4.69) is 11.2 Å². The lowest BCUT2D eigenvalue weighted by atomic mass is 10.1. The number of hydrogen-bond donors (Lipinski definition) is 1. The van der Waals surface area contributed by atoms with Crippen molar-refractivity contribution in [2.45, 2.75) is 0 Å². The molecule has 0 saturated heterocycles. The maximum atomic E-state index is 11.6. The summed E-state index contributed by atoms with van der Waals surface area (Å²) in [5.41, 5.74) is 1.28. The highest BCUT2D eigenvalue weighted by Gasteiger charge is 2.03. The summed E-state index contributed by atoms with van der Waals surface area (Å²) in [5, 5.41) is 10.9. The van der Waals surface area contributed by atoms with Gasteiger partial charge in [0.1, 0.15) is 6.61 Å². The molecule has 0 heterocycles. The number of nitrogens with zero attached hydrogens (tertiary/aromatic N) is 1. The fourth-order valence-electron chi connectivity index (χ4n) is 1.17. The zero-order valence-corrected chi connectivity index (χ0v) is 9.27. The summed E-state index contributed by atoms with van der Waals surface area (Å²) in [5.74, 6) is 2.29. The molecule has 1 N–H and O–H groups in total. The largest absolute Gasteiger partial charge is 0.365 e. The van der Waals surface area contributed by atoms with Gasteiger partial charge in [-0.05, 0) is 24.3 Å². The zero-order valence-electron chi connectivity index (χ0n) is 9.27. The van der Waals surface area contributed by atoms with Crippen LogP contribution in [0.2, 0.25) is 0 Å². The number of rotatable bonds is 5. The molecule has 4 nitrogen and oxygen atoms in total. The van der Waals surface area contributed by atoms with E-state index in [0.29, 0.717) is 18.7 Å². The lowest BCUT2D eigenvalue weighted by molar-refractivity contribution is 0.0930. The molecule has 17 heavy (non-hydrogen) atoms. The molecule has 0 fully saturated rings. The minimum absolute atomic E-state index is 0.0345. The Morgan fingerprint density at radius 3 is 2.71 bits per heavy atom. The quantitative estimate of drug-likeness (QED) is 0.602. The van der Waals surface area contributed by atoms with E-state index in [0.717, 1.165) is 5.56 Å². The third-order valence-electron chi connectivity index (χ3n) is 2.01. The van der Waals surface area contributed by atoms with Gasteiger partial charge in [0, 0.05) is 17.7 Å². The van der Waals surface area contributed by atoms with Gasteiger partial charge in [-0.3, -0.25) is 4.79 Å². The topological polar surface area (TPSA) is 62.1 Å². The second kappa shape index (κ2) is 7.05. The number of ether oxygens (including phenoxy) is 1. The molecule has 0 spiro atoms. The molecule has 0 aromatic heterocycles. The van der Waals surface area contributed by atoms with Crippen molar-refractivity contribution in [2.24, 2.45) is 0 Å². The number of nitrogens with one attached hydrogen (secondary N) is 1. The van der Waals surface area contributed by atoms with Crippen molar-refractivity contribution in [2.75, 3.05) is 19.8 Å². The van der Waals surface area contributed by atoms with Crippen LogP contribution in [0.1, 0.15) is 15.9 Å². The van der Waals surface area contributed by atoms with E-state index in [1.165, 1.54) is 0 Å². The van der Waals surface area contributed by atoms with Gasteiger partial charge in [-0.2, -0.15) is 5.26 Å². The van der Waals surface area contributed by atoms with Crippen molar-refractivity contribution in [1.29, 1.82) is 5.26 Å². The van der Waals surface area contributed by atoms with Crippen LogP contribution in [0.3, 0.4) is 0 Å². The molecule has 0 saturated carbocycles. The van der Waals surface area contributed by atoms with Crippen molar-refractivity contribution in [3.8, 4) is 18.4 Å². The number of nitriles is 1. The van der Waals surface area contributed by atoms with Crippen LogP contribution in [-0.4, -0.2) is 25.7 Å². The van der Waals surface area contributed by atoms with Crippen molar-refractivity contribution in [1.82, 2.24) is 5.32 Å². The highest BCUT2D eigenvalue weighted by molar-refractivity contribution is 5.94. The highest BCUT2D eigenvalue weighted by Crippen LogP contribution is 2.02. The van der Waals surface area contributed by atoms with E-state index >= 15 is 0 Å². The van der Waals surface area contributed by atoms with Crippen LogP contribution in [-0.2, 0) is 4.74 Å². The summed E-state index contributed by atoms with van der Waals surface area (Å²) < 4.78 is 4.90. The minimum atomic E-state index is -0.186. The summed E-state index contributed by atoms with van der Waals surface area (Å²) in [7, 11) is 0. The third kappa shape index (κ3) is 4.38. The molecule has 1 amide bonds. The first-order valence-corrected chi connectivity index (χ1v) is 5.07. The van der Waals surface area contributed by atoms with Gasteiger partial charge in [-0.15, -0.1) is 6.42 Å². The lowest BCUT2D eigenvalue weighted by Crippen LogP contribution is -2.27. The normalized spacial score (nSPS) is 9.06. The standard InChI is InChI=1S/C13H12N2O2/c1-2-11-3-5-12(6-4-11)13(16)15-8-10-17-9-7-14/h1,3-6H,8-10H2,(H,15,16). The number of amides is 1. The summed E-state index contributed by atoms with van der Waals surface area (Å²) in [6.45, 7) is 0.728. The van der Waals surface area contributed by atoms with Gasteiger partial charge in [0.15, 0.2) is 0 Å². The fraction of sp³-hybridized carbons (Fsp3) is 0.231. The molecule has 1 aromatic carbocycles. The molecule has 0 unspecified atom stereocenters. The zero-order chi connectivity index (χ0) is 12.5. The van der Waals surface area contributed by atoms with Gasteiger partial charge in [-0.25, -0.2) is 0 Å². The fourth-order valence-corrected chi connectivity index (χ4v) is 1.17. The molecule has 4 heteroatoms.